The van der Waals surface area contributed by atoms with Crippen LogP contribution in [-0.2, 0) is 0 Å². The van der Waals surface area contributed by atoms with E-state index in [-0.39, 0.29) is 23.9 Å². The predicted molar refractivity (Wildman–Crippen MR) is 76.2 cm³/mol. The van der Waals surface area contributed by atoms with Crippen LogP contribution >= 0.6 is 0 Å². The molecule has 0 radical (unpaired) electrons. The van der Waals surface area contributed by atoms with E-state index in [2.05, 4.69) is 39.9 Å². The number of methoxy groups -OCH3 is 2. The maximum absolute atomic E-state index is 6.21. The van der Waals surface area contributed by atoms with Crippen LogP contribution in [0.15, 0.2) is 12.1 Å². The maximum Gasteiger partial charge on any atom is 1.00 e. The van der Waals surface area contributed by atoms with E-state index in [1.807, 2.05) is 12.1 Å². The molecule has 0 aromatic heterocycles. The molecular formula is C14H23LiO3Si. The molecular weight excluding hydrogens is 251 g/mol. The van der Waals surface area contributed by atoms with Crippen molar-refractivity contribution in [3.63, 3.8) is 0 Å². The van der Waals surface area contributed by atoms with Crippen LogP contribution in [0.4, 0.5) is 0 Å². The van der Waals surface area contributed by atoms with E-state index in [1.165, 1.54) is 0 Å². The average molecular weight is 274 g/mol. The molecule has 0 saturated carbocycles. The van der Waals surface area contributed by atoms with Gasteiger partial charge in [-0.25, -0.2) is 0 Å². The fourth-order valence-electron chi connectivity index (χ4n) is 1.22. The monoisotopic (exact) mass is 274 g/mol. The third-order valence-corrected chi connectivity index (χ3v) is 7.77. The van der Waals surface area contributed by atoms with E-state index in [1.54, 1.807) is 14.2 Å². The van der Waals surface area contributed by atoms with Gasteiger partial charge in [0.2, 0.25) is 8.32 Å². The largest absolute Gasteiger partial charge is 1.00 e. The molecule has 1 aromatic rings. The Morgan fingerprint density at radius 2 is 1.42 bits per heavy atom. The molecule has 0 fully saturated rings. The molecule has 5 heteroatoms. The summed E-state index contributed by atoms with van der Waals surface area (Å²) in [6.45, 7) is 11.1. The molecule has 0 bridgehead atoms. The summed E-state index contributed by atoms with van der Waals surface area (Å²) in [6, 6.07) is 6.70. The second kappa shape index (κ2) is 6.74. The van der Waals surface area contributed by atoms with E-state index in [0.717, 1.165) is 5.75 Å². The zero-order valence-electron chi connectivity index (χ0n) is 13.4. The van der Waals surface area contributed by atoms with Crippen molar-refractivity contribution in [1.29, 1.82) is 0 Å². The molecule has 0 atom stereocenters. The minimum Gasteiger partial charge on any atom is -0.564 e. The molecule has 0 unspecified atom stereocenters. The summed E-state index contributed by atoms with van der Waals surface area (Å²) in [5, 5.41) is 0.160. The van der Waals surface area contributed by atoms with E-state index in [0.29, 0.717) is 11.5 Å². The molecule has 0 amide bonds. The van der Waals surface area contributed by atoms with Crippen LogP contribution in [0.2, 0.25) is 18.1 Å². The van der Waals surface area contributed by atoms with Gasteiger partial charge < -0.3 is 13.9 Å². The minimum atomic E-state index is -1.84. The summed E-state index contributed by atoms with van der Waals surface area (Å²) in [4.78, 5) is 0. The van der Waals surface area contributed by atoms with Gasteiger partial charge in [-0.15, -0.1) is 0 Å². The summed E-state index contributed by atoms with van der Waals surface area (Å²) in [6.07, 6.45) is 0. The van der Waals surface area contributed by atoms with E-state index >= 15 is 0 Å². The zero-order chi connectivity index (χ0) is 14.0. The van der Waals surface area contributed by atoms with Gasteiger partial charge in [-0.2, -0.15) is 0 Å². The van der Waals surface area contributed by atoms with Crippen LogP contribution in [-0.4, -0.2) is 22.5 Å². The molecule has 3 nitrogen and oxygen atoms in total. The molecule has 1 rings (SSSR count). The smallest absolute Gasteiger partial charge is 0.564 e. The first-order valence-corrected chi connectivity index (χ1v) is 8.95. The second-order valence-corrected chi connectivity index (χ2v) is 10.5. The molecule has 0 spiro atoms. The Bertz CT molecular complexity index is 391. The van der Waals surface area contributed by atoms with Crippen LogP contribution < -0.4 is 32.8 Å². The van der Waals surface area contributed by atoms with E-state index in [9.17, 15) is 0 Å². The third-order valence-electron chi connectivity index (χ3n) is 3.41. The molecule has 0 N–H and O–H groups in total. The summed E-state index contributed by atoms with van der Waals surface area (Å²) < 4.78 is 16.6. The molecule has 0 heterocycles. The first kappa shape index (κ1) is 18.4. The maximum atomic E-state index is 6.21. The van der Waals surface area contributed by atoms with Gasteiger partial charge in [0.05, 0.1) is 14.2 Å². The first-order chi connectivity index (χ1) is 8.19. The van der Waals surface area contributed by atoms with Crippen LogP contribution in [0.1, 0.15) is 20.8 Å². The Labute approximate surface area is 129 Å². The quantitative estimate of drug-likeness (QED) is 0.603. The number of rotatable bonds is 4. The first-order valence-electron chi connectivity index (χ1n) is 6.04. The van der Waals surface area contributed by atoms with E-state index < -0.39 is 8.32 Å². The van der Waals surface area contributed by atoms with Crippen LogP contribution in [0, 0.1) is 6.07 Å². The van der Waals surface area contributed by atoms with Crippen LogP contribution in [0.25, 0.3) is 0 Å². The van der Waals surface area contributed by atoms with Crippen molar-refractivity contribution >= 4 is 8.32 Å². The van der Waals surface area contributed by atoms with Crippen molar-refractivity contribution in [3.8, 4) is 17.2 Å². The summed E-state index contributed by atoms with van der Waals surface area (Å²) >= 11 is 0. The molecule has 102 valence electrons. The third kappa shape index (κ3) is 4.79. The Kier molecular flexibility index (Phi) is 6.54. The summed E-state index contributed by atoms with van der Waals surface area (Å²) in [5.74, 6) is 2.04. The number of hydrogen-bond acceptors (Lipinski definition) is 3. The number of hydrogen-bond donors (Lipinski definition) is 0. The molecule has 0 aliphatic heterocycles. The Balaban J connectivity index is 0.00000324. The molecule has 0 aliphatic rings. The van der Waals surface area contributed by atoms with Gasteiger partial charge in [0.1, 0.15) is 0 Å². The summed E-state index contributed by atoms with van der Waals surface area (Å²) in [5.41, 5.74) is 0. The SMILES string of the molecule is COc1[c-]c(OC)cc(O[Si](C)(C)C(C)(C)C)c1.[Li+]. The zero-order valence-corrected chi connectivity index (χ0v) is 14.4. The number of ether oxygens (including phenoxy) is 2. The van der Waals surface area contributed by atoms with Crippen molar-refractivity contribution in [1.82, 2.24) is 0 Å². The molecule has 19 heavy (non-hydrogen) atoms. The van der Waals surface area contributed by atoms with Gasteiger partial charge in [-0.05, 0) is 23.9 Å². The van der Waals surface area contributed by atoms with Gasteiger partial charge in [0, 0.05) is 11.5 Å². The Morgan fingerprint density at radius 3 is 1.74 bits per heavy atom. The fourth-order valence-corrected chi connectivity index (χ4v) is 2.23. The minimum absolute atomic E-state index is 0. The summed E-state index contributed by atoms with van der Waals surface area (Å²) in [7, 11) is 1.38. The Hall–Kier alpha value is -0.566. The fraction of sp³-hybridized carbons (Fsp3) is 0.571. The van der Waals surface area contributed by atoms with Gasteiger partial charge in [-0.1, -0.05) is 39.0 Å². The van der Waals surface area contributed by atoms with Crippen molar-refractivity contribution in [2.24, 2.45) is 0 Å². The van der Waals surface area contributed by atoms with Crippen molar-refractivity contribution < 1.29 is 32.8 Å². The molecule has 0 saturated heterocycles. The van der Waals surface area contributed by atoms with Gasteiger partial charge >= 0.3 is 18.9 Å². The predicted octanol–water partition coefficient (Wildman–Crippen LogP) is 0.892. The van der Waals surface area contributed by atoms with Crippen molar-refractivity contribution in [2.75, 3.05) is 14.2 Å². The molecule has 1 aromatic carbocycles. The van der Waals surface area contributed by atoms with Gasteiger partial charge in [-0.3, -0.25) is 0 Å². The van der Waals surface area contributed by atoms with Gasteiger partial charge in [0.15, 0.2) is 0 Å². The molecule has 0 aliphatic carbocycles. The van der Waals surface area contributed by atoms with Crippen molar-refractivity contribution in [3.05, 3.63) is 18.2 Å². The average Bonchev–Trinajstić information content (AvgIpc) is 2.26. The van der Waals surface area contributed by atoms with Crippen molar-refractivity contribution in [2.45, 2.75) is 38.9 Å². The second-order valence-electron chi connectivity index (χ2n) is 5.82. The van der Waals surface area contributed by atoms with E-state index in [4.69, 9.17) is 13.9 Å². The topological polar surface area (TPSA) is 27.7 Å². The van der Waals surface area contributed by atoms with Gasteiger partial charge in [0.25, 0.3) is 0 Å². The number of benzene rings is 1. The normalized spacial score (nSPS) is 11.5. The van der Waals surface area contributed by atoms with Crippen LogP contribution in [0.3, 0.4) is 0 Å². The van der Waals surface area contributed by atoms with Crippen LogP contribution in [0.5, 0.6) is 17.2 Å². The standard InChI is InChI=1S/C14H23O3Si.Li/c1-14(2,3)18(6,7)17-13-9-11(15-4)8-12(10-13)16-5;/h9-10H,1-7H3;/q-1;+1. The Morgan fingerprint density at radius 1 is 1.00 bits per heavy atom.